The monoisotopic (exact) mass is 256 g/mol. The Bertz CT molecular complexity index is 547. The molecule has 0 radical (unpaired) electrons. The van der Waals surface area contributed by atoms with Crippen LogP contribution in [-0.2, 0) is 4.74 Å². The molecule has 0 fully saturated rings. The van der Waals surface area contributed by atoms with Gasteiger partial charge in [0.25, 0.3) is 0 Å². The molecule has 1 aromatic heterocycles. The van der Waals surface area contributed by atoms with E-state index >= 15 is 0 Å². The number of fused-ring (bicyclic) bond motifs is 1. The topological polar surface area (TPSA) is 46.5 Å². The first-order chi connectivity index (χ1) is 7.65. The Morgan fingerprint density at radius 2 is 2.31 bits per heavy atom. The van der Waals surface area contributed by atoms with Gasteiger partial charge in [-0.1, -0.05) is 11.6 Å². The fraction of sp³-hybridized carbons (Fsp3) is 0.182. The van der Waals surface area contributed by atoms with Gasteiger partial charge in [-0.3, -0.25) is 0 Å². The molecular formula is C11H9ClO3S. The normalized spacial score (nSPS) is 10.6. The van der Waals surface area contributed by atoms with Crippen LogP contribution in [0.1, 0.15) is 17.3 Å². The molecule has 0 aliphatic rings. The molecule has 0 aliphatic heterocycles. The molecule has 0 spiro atoms. The van der Waals surface area contributed by atoms with Crippen LogP contribution in [0, 0.1) is 0 Å². The second-order valence-corrected chi connectivity index (χ2v) is 4.43. The highest BCUT2D eigenvalue weighted by atomic mass is 35.5. The maximum atomic E-state index is 11.6. The zero-order valence-electron chi connectivity index (χ0n) is 8.49. The summed E-state index contributed by atoms with van der Waals surface area (Å²) < 4.78 is 5.72. The second-order valence-electron chi connectivity index (χ2n) is 3.14. The van der Waals surface area contributed by atoms with Gasteiger partial charge in [-0.25, -0.2) is 4.79 Å². The highest BCUT2D eigenvalue weighted by Gasteiger charge is 2.16. The van der Waals surface area contributed by atoms with E-state index in [4.69, 9.17) is 16.3 Å². The average Bonchev–Trinajstić information content (AvgIpc) is 2.62. The van der Waals surface area contributed by atoms with Gasteiger partial charge in [-0.15, -0.1) is 11.3 Å². The molecule has 1 heterocycles. The van der Waals surface area contributed by atoms with Crippen molar-refractivity contribution in [3.8, 4) is 5.75 Å². The van der Waals surface area contributed by atoms with E-state index in [1.807, 2.05) is 0 Å². The van der Waals surface area contributed by atoms with E-state index in [0.29, 0.717) is 12.0 Å². The van der Waals surface area contributed by atoms with Crippen LogP contribution in [0.3, 0.4) is 0 Å². The quantitative estimate of drug-likeness (QED) is 0.838. The molecule has 84 valence electrons. The third kappa shape index (κ3) is 1.74. The molecule has 0 bridgehead atoms. The Hall–Kier alpha value is -1.26. The molecule has 0 unspecified atom stereocenters. The van der Waals surface area contributed by atoms with Crippen LogP contribution in [0.2, 0.25) is 5.02 Å². The van der Waals surface area contributed by atoms with E-state index in [1.165, 1.54) is 11.3 Å². The second kappa shape index (κ2) is 4.31. The van der Waals surface area contributed by atoms with Crippen molar-refractivity contribution in [3.05, 3.63) is 28.1 Å². The zero-order chi connectivity index (χ0) is 11.7. The molecule has 5 heteroatoms. The van der Waals surface area contributed by atoms with Gasteiger partial charge in [-0.05, 0) is 19.1 Å². The minimum atomic E-state index is -0.472. The smallest absolute Gasteiger partial charge is 0.339 e. The number of rotatable bonds is 2. The standard InChI is InChI=1S/C11H9ClO3S/c1-2-15-11(14)6-3-4-8-9(10(6)12)7(13)5-16-8/h3-5,13H,2H2,1H3. The van der Waals surface area contributed by atoms with Gasteiger partial charge in [0.05, 0.1) is 22.6 Å². The van der Waals surface area contributed by atoms with Gasteiger partial charge in [-0.2, -0.15) is 0 Å². The van der Waals surface area contributed by atoms with E-state index in [2.05, 4.69) is 0 Å². The number of benzene rings is 1. The molecule has 1 aromatic carbocycles. The van der Waals surface area contributed by atoms with Gasteiger partial charge in [0.1, 0.15) is 5.75 Å². The van der Waals surface area contributed by atoms with E-state index < -0.39 is 5.97 Å². The summed E-state index contributed by atoms with van der Waals surface area (Å²) in [5, 5.41) is 11.9. The Labute approximate surface area is 101 Å². The summed E-state index contributed by atoms with van der Waals surface area (Å²) in [6, 6.07) is 3.36. The van der Waals surface area contributed by atoms with Crippen molar-refractivity contribution in [2.75, 3.05) is 6.61 Å². The van der Waals surface area contributed by atoms with Crippen LogP contribution in [0.25, 0.3) is 10.1 Å². The lowest BCUT2D eigenvalue weighted by atomic mass is 10.1. The zero-order valence-corrected chi connectivity index (χ0v) is 10.1. The van der Waals surface area contributed by atoms with Crippen LogP contribution < -0.4 is 0 Å². The summed E-state index contributed by atoms with van der Waals surface area (Å²) in [6.07, 6.45) is 0. The lowest BCUT2D eigenvalue weighted by Crippen LogP contribution is -2.05. The summed E-state index contributed by atoms with van der Waals surface area (Å²) in [7, 11) is 0. The largest absolute Gasteiger partial charge is 0.506 e. The fourth-order valence-corrected chi connectivity index (χ4v) is 2.66. The van der Waals surface area contributed by atoms with Gasteiger partial charge in [0, 0.05) is 10.1 Å². The summed E-state index contributed by atoms with van der Waals surface area (Å²) in [5.41, 5.74) is 0.282. The third-order valence-corrected chi connectivity index (χ3v) is 3.48. The maximum absolute atomic E-state index is 11.6. The van der Waals surface area contributed by atoms with Crippen LogP contribution in [0.5, 0.6) is 5.75 Å². The molecule has 3 nitrogen and oxygen atoms in total. The summed E-state index contributed by atoms with van der Waals surface area (Å²) in [5.74, 6) is -0.379. The molecule has 16 heavy (non-hydrogen) atoms. The van der Waals surface area contributed by atoms with Crippen molar-refractivity contribution < 1.29 is 14.6 Å². The molecule has 0 atom stereocenters. The van der Waals surface area contributed by atoms with Crippen molar-refractivity contribution in [1.82, 2.24) is 0 Å². The van der Waals surface area contributed by atoms with Crippen LogP contribution in [-0.4, -0.2) is 17.7 Å². The Balaban J connectivity index is 2.59. The highest BCUT2D eigenvalue weighted by Crippen LogP contribution is 2.38. The minimum Gasteiger partial charge on any atom is -0.506 e. The Kier molecular flexibility index (Phi) is 3.03. The van der Waals surface area contributed by atoms with Gasteiger partial charge >= 0.3 is 5.97 Å². The molecular weight excluding hydrogens is 248 g/mol. The minimum absolute atomic E-state index is 0.0937. The van der Waals surface area contributed by atoms with Crippen molar-refractivity contribution in [1.29, 1.82) is 0 Å². The lowest BCUT2D eigenvalue weighted by Gasteiger charge is -2.04. The number of esters is 1. The molecule has 0 amide bonds. The first-order valence-electron chi connectivity index (χ1n) is 4.71. The Morgan fingerprint density at radius 3 is 3.00 bits per heavy atom. The summed E-state index contributed by atoms with van der Waals surface area (Å²) >= 11 is 7.44. The number of hydrogen-bond donors (Lipinski definition) is 1. The number of aromatic hydroxyl groups is 1. The van der Waals surface area contributed by atoms with Crippen LogP contribution in [0.15, 0.2) is 17.5 Å². The first-order valence-corrected chi connectivity index (χ1v) is 5.96. The van der Waals surface area contributed by atoms with Crippen molar-refractivity contribution in [2.45, 2.75) is 6.92 Å². The molecule has 0 saturated heterocycles. The van der Waals surface area contributed by atoms with E-state index in [1.54, 1.807) is 24.4 Å². The van der Waals surface area contributed by atoms with Gasteiger partial charge < -0.3 is 9.84 Å². The number of thiophene rings is 1. The first kappa shape index (κ1) is 11.2. The third-order valence-electron chi connectivity index (χ3n) is 2.15. The van der Waals surface area contributed by atoms with Crippen molar-refractivity contribution in [3.63, 3.8) is 0 Å². The molecule has 2 rings (SSSR count). The van der Waals surface area contributed by atoms with Crippen LogP contribution >= 0.6 is 22.9 Å². The predicted octanol–water partition coefficient (Wildman–Crippen LogP) is 3.44. The highest BCUT2D eigenvalue weighted by molar-refractivity contribution is 7.17. The van der Waals surface area contributed by atoms with E-state index in [9.17, 15) is 9.90 Å². The summed E-state index contributed by atoms with van der Waals surface area (Å²) in [4.78, 5) is 11.6. The molecule has 2 aromatic rings. The van der Waals surface area contributed by atoms with E-state index in [0.717, 1.165) is 4.70 Å². The molecule has 0 aliphatic carbocycles. The van der Waals surface area contributed by atoms with Gasteiger partial charge in [0.2, 0.25) is 0 Å². The fourth-order valence-electron chi connectivity index (χ4n) is 1.44. The van der Waals surface area contributed by atoms with Crippen molar-refractivity contribution >= 4 is 39.0 Å². The van der Waals surface area contributed by atoms with Crippen molar-refractivity contribution in [2.24, 2.45) is 0 Å². The number of halogens is 1. The summed E-state index contributed by atoms with van der Waals surface area (Å²) in [6.45, 7) is 2.02. The maximum Gasteiger partial charge on any atom is 0.339 e. The number of carbonyl (C=O) groups excluding carboxylic acids is 1. The molecule has 1 N–H and O–H groups in total. The molecule has 0 saturated carbocycles. The predicted molar refractivity (Wildman–Crippen MR) is 64.5 cm³/mol. The number of ether oxygens (including phenoxy) is 1. The number of carbonyl (C=O) groups is 1. The average molecular weight is 257 g/mol. The lowest BCUT2D eigenvalue weighted by molar-refractivity contribution is 0.0527. The number of hydrogen-bond acceptors (Lipinski definition) is 4. The van der Waals surface area contributed by atoms with Gasteiger partial charge in [0.15, 0.2) is 0 Å². The van der Waals surface area contributed by atoms with Crippen LogP contribution in [0.4, 0.5) is 0 Å². The Morgan fingerprint density at radius 1 is 1.56 bits per heavy atom. The SMILES string of the molecule is CCOC(=O)c1ccc2scc(O)c2c1Cl. The van der Waals surface area contributed by atoms with E-state index in [-0.39, 0.29) is 16.3 Å².